The molecule has 0 saturated carbocycles. The molecule has 1 aliphatic rings. The molecule has 0 amide bonds. The highest BCUT2D eigenvalue weighted by atomic mass is 15.1. The zero-order valence-corrected chi connectivity index (χ0v) is 15.3. The summed E-state index contributed by atoms with van der Waals surface area (Å²) in [5.74, 6) is 0.520. The van der Waals surface area contributed by atoms with Gasteiger partial charge in [-0.05, 0) is 41.5 Å². The van der Waals surface area contributed by atoms with Gasteiger partial charge in [0.1, 0.15) is 17.8 Å². The molecule has 5 heteroatoms. The van der Waals surface area contributed by atoms with Gasteiger partial charge >= 0.3 is 0 Å². The third kappa shape index (κ3) is 2.13. The van der Waals surface area contributed by atoms with Crippen LogP contribution in [0.1, 0.15) is 17.2 Å². The number of fused-ring (bicyclic) bond motifs is 3. The molecule has 0 unspecified atom stereocenters. The highest BCUT2D eigenvalue weighted by Crippen LogP contribution is 2.36. The zero-order chi connectivity index (χ0) is 18.7. The van der Waals surface area contributed by atoms with Crippen LogP contribution in [0.2, 0.25) is 0 Å². The van der Waals surface area contributed by atoms with Crippen molar-refractivity contribution in [3.8, 4) is 5.69 Å². The monoisotopic (exact) mass is 365 g/mol. The van der Waals surface area contributed by atoms with Gasteiger partial charge in [-0.2, -0.15) is 0 Å². The van der Waals surface area contributed by atoms with Crippen LogP contribution in [0, 0.1) is 0 Å². The van der Waals surface area contributed by atoms with Crippen molar-refractivity contribution >= 4 is 27.8 Å². The summed E-state index contributed by atoms with van der Waals surface area (Å²) in [6.07, 6.45) is 7.87. The lowest BCUT2D eigenvalue weighted by Crippen LogP contribution is -2.08. The summed E-state index contributed by atoms with van der Waals surface area (Å²) in [4.78, 5) is 8.90. The zero-order valence-electron chi connectivity index (χ0n) is 15.3. The molecule has 0 aliphatic heterocycles. The molecule has 6 rings (SSSR count). The van der Waals surface area contributed by atoms with Crippen LogP contribution in [0.15, 0.2) is 73.3 Å². The van der Waals surface area contributed by atoms with Crippen LogP contribution >= 0.6 is 0 Å². The molecule has 3 heterocycles. The number of rotatable bonds is 2. The quantitative estimate of drug-likeness (QED) is 0.507. The molecule has 136 valence electrons. The average molecular weight is 365 g/mol. The molecule has 28 heavy (non-hydrogen) atoms. The first kappa shape index (κ1) is 15.5. The van der Waals surface area contributed by atoms with E-state index >= 15 is 0 Å². The van der Waals surface area contributed by atoms with Crippen LogP contribution in [0.5, 0.6) is 0 Å². The van der Waals surface area contributed by atoms with Crippen LogP contribution in [0.3, 0.4) is 0 Å². The maximum absolute atomic E-state index is 6.33. The Balaban J connectivity index is 1.58. The number of nitrogen functional groups attached to an aromatic ring is 1. The van der Waals surface area contributed by atoms with Crippen molar-refractivity contribution in [2.45, 2.75) is 18.9 Å². The van der Waals surface area contributed by atoms with E-state index in [-0.39, 0.29) is 0 Å². The molecule has 0 atom stereocenters. The van der Waals surface area contributed by atoms with Crippen LogP contribution in [0.25, 0.3) is 27.6 Å². The highest BCUT2D eigenvalue weighted by molar-refractivity contribution is 5.96. The van der Waals surface area contributed by atoms with E-state index in [2.05, 4.69) is 86.1 Å². The third-order valence-electron chi connectivity index (χ3n) is 5.90. The van der Waals surface area contributed by atoms with Crippen molar-refractivity contribution in [2.24, 2.45) is 0 Å². The van der Waals surface area contributed by atoms with Gasteiger partial charge in [0, 0.05) is 18.4 Å². The van der Waals surface area contributed by atoms with E-state index in [1.807, 2.05) is 0 Å². The van der Waals surface area contributed by atoms with Crippen molar-refractivity contribution in [2.75, 3.05) is 5.73 Å². The fourth-order valence-corrected chi connectivity index (χ4v) is 4.57. The van der Waals surface area contributed by atoms with Gasteiger partial charge in [0.25, 0.3) is 0 Å². The Labute approximate surface area is 162 Å². The molecule has 0 saturated heterocycles. The Morgan fingerprint density at radius 1 is 0.893 bits per heavy atom. The largest absolute Gasteiger partial charge is 0.383 e. The van der Waals surface area contributed by atoms with E-state index < -0.39 is 0 Å². The van der Waals surface area contributed by atoms with Gasteiger partial charge in [-0.25, -0.2) is 9.97 Å². The maximum Gasteiger partial charge on any atom is 0.147 e. The molecule has 0 fully saturated rings. The summed E-state index contributed by atoms with van der Waals surface area (Å²) in [6.45, 7) is 0. The molecule has 3 aromatic heterocycles. The summed E-state index contributed by atoms with van der Waals surface area (Å²) in [6, 6.07) is 19.5. The molecule has 0 bridgehead atoms. The number of para-hydroxylation sites is 1. The van der Waals surface area contributed by atoms with Crippen LogP contribution < -0.4 is 5.73 Å². The fraction of sp³-hybridized carbons (Fsp3) is 0.130. The van der Waals surface area contributed by atoms with E-state index in [0.29, 0.717) is 11.9 Å². The van der Waals surface area contributed by atoms with Gasteiger partial charge in [0.05, 0.1) is 16.6 Å². The number of benzene rings is 2. The molecule has 5 aromatic rings. The molecular weight excluding hydrogens is 346 g/mol. The summed E-state index contributed by atoms with van der Waals surface area (Å²) >= 11 is 0. The first-order valence-electron chi connectivity index (χ1n) is 9.54. The summed E-state index contributed by atoms with van der Waals surface area (Å²) in [5.41, 5.74) is 12.3. The minimum atomic E-state index is 0.338. The van der Waals surface area contributed by atoms with Crippen LogP contribution in [-0.2, 0) is 12.8 Å². The standard InChI is InChI=1S/C23H19N5/c24-22-21-20(27-10-9-15-5-3-4-8-19(15)27)13-28(23(21)26-14-25-22)18-11-16-6-1-2-7-17(16)12-18/h1-10,13-14,18H,11-12H2,(H2,24,25,26). The topological polar surface area (TPSA) is 61.7 Å². The summed E-state index contributed by atoms with van der Waals surface area (Å²) in [5, 5.41) is 2.12. The number of hydrogen-bond acceptors (Lipinski definition) is 3. The SMILES string of the molecule is Nc1ncnc2c1c(-n1ccc3ccccc31)cn2C1Cc2ccccc2C1. The van der Waals surface area contributed by atoms with Crippen LogP contribution in [-0.4, -0.2) is 19.1 Å². The lowest BCUT2D eigenvalue weighted by atomic mass is 10.1. The van der Waals surface area contributed by atoms with E-state index in [0.717, 1.165) is 35.1 Å². The minimum Gasteiger partial charge on any atom is -0.383 e. The number of anilines is 1. The Morgan fingerprint density at radius 2 is 1.64 bits per heavy atom. The Bertz CT molecular complexity index is 1320. The second-order valence-corrected chi connectivity index (χ2v) is 7.45. The van der Waals surface area contributed by atoms with Crippen molar-refractivity contribution in [3.63, 3.8) is 0 Å². The molecule has 1 aliphatic carbocycles. The van der Waals surface area contributed by atoms with Gasteiger partial charge in [-0.3, -0.25) is 0 Å². The predicted octanol–water partition coefficient (Wildman–Crippen LogP) is 4.30. The number of hydrogen-bond donors (Lipinski definition) is 1. The second kappa shape index (κ2) is 5.70. The van der Waals surface area contributed by atoms with Gasteiger partial charge in [-0.1, -0.05) is 42.5 Å². The summed E-state index contributed by atoms with van der Waals surface area (Å²) < 4.78 is 4.48. The normalized spacial score (nSPS) is 14.1. The fourth-order valence-electron chi connectivity index (χ4n) is 4.57. The van der Waals surface area contributed by atoms with Crippen molar-refractivity contribution in [1.29, 1.82) is 0 Å². The Morgan fingerprint density at radius 3 is 2.46 bits per heavy atom. The van der Waals surface area contributed by atoms with E-state index in [1.165, 1.54) is 16.5 Å². The first-order chi connectivity index (χ1) is 13.8. The molecule has 0 radical (unpaired) electrons. The molecular formula is C23H19N5. The van der Waals surface area contributed by atoms with Gasteiger partial charge < -0.3 is 14.9 Å². The van der Waals surface area contributed by atoms with Crippen LogP contribution in [0.4, 0.5) is 5.82 Å². The minimum absolute atomic E-state index is 0.338. The van der Waals surface area contributed by atoms with Crippen molar-refractivity contribution < 1.29 is 0 Å². The van der Waals surface area contributed by atoms with Crippen molar-refractivity contribution in [3.05, 3.63) is 84.4 Å². The van der Waals surface area contributed by atoms with E-state index in [4.69, 9.17) is 5.73 Å². The number of nitrogens with zero attached hydrogens (tertiary/aromatic N) is 4. The lowest BCUT2D eigenvalue weighted by molar-refractivity contribution is 0.543. The van der Waals surface area contributed by atoms with E-state index in [1.54, 1.807) is 6.33 Å². The summed E-state index contributed by atoms with van der Waals surface area (Å²) in [7, 11) is 0. The maximum atomic E-state index is 6.33. The van der Waals surface area contributed by atoms with Gasteiger partial charge in [0.2, 0.25) is 0 Å². The van der Waals surface area contributed by atoms with Gasteiger partial charge in [0.15, 0.2) is 0 Å². The number of aromatic nitrogens is 4. The first-order valence-corrected chi connectivity index (χ1v) is 9.54. The van der Waals surface area contributed by atoms with Gasteiger partial charge in [-0.15, -0.1) is 0 Å². The Kier molecular flexibility index (Phi) is 3.14. The predicted molar refractivity (Wildman–Crippen MR) is 112 cm³/mol. The molecule has 5 nitrogen and oxygen atoms in total. The highest BCUT2D eigenvalue weighted by Gasteiger charge is 2.26. The van der Waals surface area contributed by atoms with E-state index in [9.17, 15) is 0 Å². The molecule has 0 spiro atoms. The number of nitrogens with two attached hydrogens (primary N) is 1. The second-order valence-electron chi connectivity index (χ2n) is 7.45. The molecule has 2 N–H and O–H groups in total. The average Bonchev–Trinajstić information content (AvgIpc) is 3.42. The smallest absolute Gasteiger partial charge is 0.147 e. The molecule has 2 aromatic carbocycles. The lowest BCUT2D eigenvalue weighted by Gasteiger charge is -2.12. The third-order valence-corrected chi connectivity index (χ3v) is 5.90. The Hall–Kier alpha value is -3.60. The van der Waals surface area contributed by atoms with Crippen molar-refractivity contribution in [1.82, 2.24) is 19.1 Å².